The van der Waals surface area contributed by atoms with Crippen LogP contribution in [0.3, 0.4) is 0 Å². The molecule has 0 spiro atoms. The molecule has 0 aromatic heterocycles. The third kappa shape index (κ3) is 1.54. The first-order valence-corrected chi connectivity index (χ1v) is 5.11. The van der Waals surface area contributed by atoms with Gasteiger partial charge in [-0.25, -0.2) is 17.6 Å². The van der Waals surface area contributed by atoms with Gasteiger partial charge in [0, 0.05) is 18.7 Å². The maximum absolute atomic E-state index is 13.7. The monoisotopic (exact) mass is 233 g/mol. The molecule has 0 atom stereocenters. The molecule has 0 bridgehead atoms. The Morgan fingerprint density at radius 2 is 1.38 bits per heavy atom. The van der Waals surface area contributed by atoms with Crippen LogP contribution in [-0.4, -0.2) is 13.1 Å². The molecule has 1 aromatic carbocycles. The van der Waals surface area contributed by atoms with Crippen molar-refractivity contribution in [2.24, 2.45) is 0 Å². The van der Waals surface area contributed by atoms with Gasteiger partial charge in [0.2, 0.25) is 0 Å². The Labute approximate surface area is 90.7 Å². The van der Waals surface area contributed by atoms with Crippen LogP contribution >= 0.6 is 0 Å². The largest absolute Gasteiger partial charge is 0.367 e. The average Bonchev–Trinajstić information content (AvgIpc) is 2.77. The van der Waals surface area contributed by atoms with Crippen LogP contribution < -0.4 is 4.90 Å². The smallest absolute Gasteiger partial charge is 0.197 e. The third-order valence-corrected chi connectivity index (χ3v) is 2.88. The molecule has 1 aliphatic heterocycles. The van der Waals surface area contributed by atoms with Crippen molar-refractivity contribution in [1.29, 1.82) is 0 Å². The zero-order chi connectivity index (χ0) is 11.9. The minimum atomic E-state index is -1.60. The van der Waals surface area contributed by atoms with E-state index >= 15 is 0 Å². The SMILES string of the molecule is Cc1c(F)c(F)c(F)c(N2CCCC2)c1F. The second-order valence-electron chi connectivity index (χ2n) is 3.92. The highest BCUT2D eigenvalue weighted by molar-refractivity contribution is 5.53. The molecule has 2 rings (SSSR count). The van der Waals surface area contributed by atoms with E-state index in [0.717, 1.165) is 19.8 Å². The van der Waals surface area contributed by atoms with Crippen LogP contribution in [-0.2, 0) is 0 Å². The van der Waals surface area contributed by atoms with Gasteiger partial charge in [-0.2, -0.15) is 0 Å². The van der Waals surface area contributed by atoms with E-state index in [1.807, 2.05) is 0 Å². The first-order valence-electron chi connectivity index (χ1n) is 5.11. The van der Waals surface area contributed by atoms with E-state index in [9.17, 15) is 17.6 Å². The summed E-state index contributed by atoms with van der Waals surface area (Å²) in [5.74, 6) is -5.47. The van der Waals surface area contributed by atoms with Gasteiger partial charge in [-0.3, -0.25) is 0 Å². The number of halogens is 4. The van der Waals surface area contributed by atoms with Crippen molar-refractivity contribution in [3.63, 3.8) is 0 Å². The Bertz CT molecular complexity index is 395. The predicted molar refractivity (Wildman–Crippen MR) is 52.5 cm³/mol. The van der Waals surface area contributed by atoms with E-state index in [2.05, 4.69) is 0 Å². The molecule has 1 aromatic rings. The zero-order valence-corrected chi connectivity index (χ0v) is 8.79. The number of hydrogen-bond acceptors (Lipinski definition) is 1. The van der Waals surface area contributed by atoms with Crippen molar-refractivity contribution in [3.05, 3.63) is 28.8 Å². The van der Waals surface area contributed by atoms with Crippen LogP contribution in [0.2, 0.25) is 0 Å². The van der Waals surface area contributed by atoms with Crippen LogP contribution in [0.15, 0.2) is 0 Å². The summed E-state index contributed by atoms with van der Waals surface area (Å²) >= 11 is 0. The van der Waals surface area contributed by atoms with Crippen molar-refractivity contribution in [3.8, 4) is 0 Å². The molecule has 0 unspecified atom stereocenters. The van der Waals surface area contributed by atoms with Crippen LogP contribution in [0, 0.1) is 30.2 Å². The second kappa shape index (κ2) is 3.96. The predicted octanol–water partition coefficient (Wildman–Crippen LogP) is 3.15. The van der Waals surface area contributed by atoms with Gasteiger partial charge in [0.1, 0.15) is 5.69 Å². The molecule has 0 amide bonds. The van der Waals surface area contributed by atoms with E-state index in [1.165, 1.54) is 4.90 Å². The molecular weight excluding hydrogens is 222 g/mol. The van der Waals surface area contributed by atoms with Crippen molar-refractivity contribution < 1.29 is 17.6 Å². The number of nitrogens with zero attached hydrogens (tertiary/aromatic N) is 1. The molecule has 0 radical (unpaired) electrons. The van der Waals surface area contributed by atoms with Gasteiger partial charge in [0.25, 0.3) is 0 Å². The molecule has 0 saturated carbocycles. The standard InChI is InChI=1S/C11H11F4N/c1-6-7(12)9(14)10(15)11(8(6)13)16-4-2-3-5-16/h2-5H2,1H3. The molecule has 88 valence electrons. The Morgan fingerprint density at radius 1 is 0.812 bits per heavy atom. The van der Waals surface area contributed by atoms with Gasteiger partial charge < -0.3 is 4.90 Å². The fraction of sp³-hybridized carbons (Fsp3) is 0.455. The van der Waals surface area contributed by atoms with Crippen LogP contribution in [0.5, 0.6) is 0 Å². The number of rotatable bonds is 1. The second-order valence-corrected chi connectivity index (χ2v) is 3.92. The van der Waals surface area contributed by atoms with E-state index in [0.29, 0.717) is 13.1 Å². The Hall–Kier alpha value is -1.26. The fourth-order valence-electron chi connectivity index (χ4n) is 1.95. The summed E-state index contributed by atoms with van der Waals surface area (Å²) in [5, 5.41) is 0. The lowest BCUT2D eigenvalue weighted by Gasteiger charge is -2.20. The average molecular weight is 233 g/mol. The highest BCUT2D eigenvalue weighted by atomic mass is 19.2. The van der Waals surface area contributed by atoms with E-state index in [1.54, 1.807) is 0 Å². The Kier molecular flexibility index (Phi) is 2.78. The lowest BCUT2D eigenvalue weighted by atomic mass is 10.1. The summed E-state index contributed by atoms with van der Waals surface area (Å²) in [4.78, 5) is 1.42. The van der Waals surface area contributed by atoms with E-state index in [4.69, 9.17) is 0 Å². The number of benzene rings is 1. The van der Waals surface area contributed by atoms with Crippen molar-refractivity contribution >= 4 is 5.69 Å². The van der Waals surface area contributed by atoms with Crippen LogP contribution in [0.1, 0.15) is 18.4 Å². The molecule has 1 saturated heterocycles. The molecule has 0 aliphatic carbocycles. The van der Waals surface area contributed by atoms with Crippen molar-refractivity contribution in [1.82, 2.24) is 0 Å². The maximum atomic E-state index is 13.7. The van der Waals surface area contributed by atoms with Gasteiger partial charge in [-0.05, 0) is 19.8 Å². The summed E-state index contributed by atoms with van der Waals surface area (Å²) in [6.07, 6.45) is 1.61. The lowest BCUT2D eigenvalue weighted by Crippen LogP contribution is -2.22. The van der Waals surface area contributed by atoms with Gasteiger partial charge in [-0.15, -0.1) is 0 Å². The molecule has 1 nitrogen and oxygen atoms in total. The molecule has 1 heterocycles. The highest BCUT2D eigenvalue weighted by Crippen LogP contribution is 2.32. The van der Waals surface area contributed by atoms with Gasteiger partial charge in [0.15, 0.2) is 23.3 Å². The minimum Gasteiger partial charge on any atom is -0.367 e. The molecule has 1 fully saturated rings. The third-order valence-electron chi connectivity index (χ3n) is 2.88. The van der Waals surface area contributed by atoms with Gasteiger partial charge in [-0.1, -0.05) is 0 Å². The first-order chi connectivity index (χ1) is 7.54. The zero-order valence-electron chi connectivity index (χ0n) is 8.79. The first kappa shape index (κ1) is 11.2. The molecule has 16 heavy (non-hydrogen) atoms. The number of hydrogen-bond donors (Lipinski definition) is 0. The molecular formula is C11H11F4N. The Morgan fingerprint density at radius 3 is 1.94 bits per heavy atom. The van der Waals surface area contributed by atoms with E-state index in [-0.39, 0.29) is 0 Å². The summed E-state index contributed by atoms with van der Waals surface area (Å²) in [6, 6.07) is 0. The van der Waals surface area contributed by atoms with Crippen molar-refractivity contribution in [2.75, 3.05) is 18.0 Å². The number of anilines is 1. The van der Waals surface area contributed by atoms with Crippen molar-refractivity contribution in [2.45, 2.75) is 19.8 Å². The molecule has 0 N–H and O–H groups in total. The summed E-state index contributed by atoms with van der Waals surface area (Å²) in [6.45, 7) is 2.05. The Balaban J connectivity index is 2.59. The summed E-state index contributed by atoms with van der Waals surface area (Å²) in [7, 11) is 0. The highest BCUT2D eigenvalue weighted by Gasteiger charge is 2.27. The lowest BCUT2D eigenvalue weighted by molar-refractivity contribution is 0.428. The fourth-order valence-corrected chi connectivity index (χ4v) is 1.95. The topological polar surface area (TPSA) is 3.24 Å². The minimum absolute atomic E-state index is 0.436. The normalized spacial score (nSPS) is 15.9. The molecule has 1 aliphatic rings. The van der Waals surface area contributed by atoms with E-state index < -0.39 is 34.5 Å². The van der Waals surface area contributed by atoms with Crippen LogP contribution in [0.25, 0.3) is 0 Å². The van der Waals surface area contributed by atoms with Gasteiger partial charge >= 0.3 is 0 Å². The summed E-state index contributed by atoms with van der Waals surface area (Å²) < 4.78 is 53.3. The maximum Gasteiger partial charge on any atom is 0.197 e. The van der Waals surface area contributed by atoms with Gasteiger partial charge in [0.05, 0.1) is 0 Å². The quantitative estimate of drug-likeness (QED) is 0.409. The summed E-state index contributed by atoms with van der Waals surface area (Å²) in [5.41, 5.74) is -0.908. The molecule has 5 heteroatoms. The van der Waals surface area contributed by atoms with Crippen LogP contribution in [0.4, 0.5) is 23.2 Å².